The van der Waals surface area contributed by atoms with Crippen LogP contribution in [0.1, 0.15) is 16.7 Å². The van der Waals surface area contributed by atoms with Crippen molar-refractivity contribution in [2.45, 2.75) is 19.4 Å². The van der Waals surface area contributed by atoms with E-state index in [1.807, 2.05) is 36.4 Å². The summed E-state index contributed by atoms with van der Waals surface area (Å²) in [5.74, 6) is 2.34. The third kappa shape index (κ3) is 4.37. The lowest BCUT2D eigenvalue weighted by Crippen LogP contribution is -2.02. The molecule has 0 aliphatic carbocycles. The van der Waals surface area contributed by atoms with E-state index in [-0.39, 0.29) is 0 Å². The number of benzene rings is 3. The van der Waals surface area contributed by atoms with Crippen LogP contribution in [0.15, 0.2) is 72.8 Å². The highest BCUT2D eigenvalue weighted by atomic mass is 16.5. The van der Waals surface area contributed by atoms with E-state index < -0.39 is 0 Å². The third-order valence-corrected chi connectivity index (χ3v) is 4.37. The Hall–Kier alpha value is -2.94. The SMILES string of the molecule is COc1cccc(COc2ccccc2CCc2ccccc2)c1OC. The maximum Gasteiger partial charge on any atom is 0.167 e. The molecule has 0 heterocycles. The third-order valence-electron chi connectivity index (χ3n) is 4.37. The van der Waals surface area contributed by atoms with Crippen molar-refractivity contribution in [3.8, 4) is 17.2 Å². The van der Waals surface area contributed by atoms with Gasteiger partial charge in [-0.25, -0.2) is 0 Å². The number of aryl methyl sites for hydroxylation is 2. The molecule has 3 aromatic carbocycles. The fourth-order valence-corrected chi connectivity index (χ4v) is 3.00. The van der Waals surface area contributed by atoms with Crippen molar-refractivity contribution in [3.63, 3.8) is 0 Å². The quantitative estimate of drug-likeness (QED) is 0.569. The van der Waals surface area contributed by atoms with Gasteiger partial charge in [-0.15, -0.1) is 0 Å². The molecule has 3 rings (SSSR count). The van der Waals surface area contributed by atoms with E-state index in [0.717, 1.165) is 29.9 Å². The fraction of sp³-hybridized carbons (Fsp3) is 0.217. The van der Waals surface area contributed by atoms with E-state index in [1.165, 1.54) is 11.1 Å². The number of hydrogen-bond acceptors (Lipinski definition) is 3. The molecule has 3 aromatic rings. The summed E-state index contributed by atoms with van der Waals surface area (Å²) in [5, 5.41) is 0. The van der Waals surface area contributed by atoms with E-state index in [1.54, 1.807) is 14.2 Å². The van der Waals surface area contributed by atoms with Gasteiger partial charge in [-0.1, -0.05) is 60.7 Å². The Morgan fingerprint density at radius 1 is 0.615 bits per heavy atom. The standard InChI is InChI=1S/C23H24O3/c1-24-22-14-8-12-20(23(22)25-2)17-26-21-13-7-6-11-19(21)16-15-18-9-4-3-5-10-18/h3-14H,15-17H2,1-2H3. The Morgan fingerprint density at radius 2 is 1.31 bits per heavy atom. The summed E-state index contributed by atoms with van der Waals surface area (Å²) >= 11 is 0. The summed E-state index contributed by atoms with van der Waals surface area (Å²) in [6.07, 6.45) is 1.93. The van der Waals surface area contributed by atoms with Gasteiger partial charge in [-0.3, -0.25) is 0 Å². The summed E-state index contributed by atoms with van der Waals surface area (Å²) in [6.45, 7) is 0.433. The van der Waals surface area contributed by atoms with E-state index >= 15 is 0 Å². The van der Waals surface area contributed by atoms with Crippen LogP contribution in [-0.4, -0.2) is 14.2 Å². The van der Waals surface area contributed by atoms with Crippen LogP contribution in [0.2, 0.25) is 0 Å². The van der Waals surface area contributed by atoms with Gasteiger partial charge in [0.05, 0.1) is 14.2 Å². The molecule has 0 atom stereocenters. The minimum absolute atomic E-state index is 0.433. The minimum Gasteiger partial charge on any atom is -0.493 e. The van der Waals surface area contributed by atoms with Crippen LogP contribution in [0.5, 0.6) is 17.2 Å². The lowest BCUT2D eigenvalue weighted by molar-refractivity contribution is 0.288. The maximum absolute atomic E-state index is 6.12. The monoisotopic (exact) mass is 348 g/mol. The molecule has 134 valence electrons. The normalized spacial score (nSPS) is 10.4. The fourth-order valence-electron chi connectivity index (χ4n) is 3.00. The van der Waals surface area contributed by atoms with Gasteiger partial charge in [-0.2, -0.15) is 0 Å². The smallest absolute Gasteiger partial charge is 0.167 e. The molecule has 0 amide bonds. The van der Waals surface area contributed by atoms with E-state index in [0.29, 0.717) is 12.4 Å². The Bertz CT molecular complexity index is 828. The highest BCUT2D eigenvalue weighted by molar-refractivity contribution is 5.46. The maximum atomic E-state index is 6.12. The van der Waals surface area contributed by atoms with E-state index in [9.17, 15) is 0 Å². The van der Waals surface area contributed by atoms with E-state index in [4.69, 9.17) is 14.2 Å². The Morgan fingerprint density at radius 3 is 2.08 bits per heavy atom. The number of rotatable bonds is 8. The van der Waals surface area contributed by atoms with Crippen molar-refractivity contribution in [3.05, 3.63) is 89.5 Å². The molecule has 26 heavy (non-hydrogen) atoms. The van der Waals surface area contributed by atoms with Gasteiger partial charge in [-0.05, 0) is 36.1 Å². The average Bonchev–Trinajstić information content (AvgIpc) is 2.71. The second kappa shape index (κ2) is 8.95. The first-order valence-corrected chi connectivity index (χ1v) is 8.76. The molecular formula is C23H24O3. The number of ether oxygens (including phenoxy) is 3. The summed E-state index contributed by atoms with van der Waals surface area (Å²) in [4.78, 5) is 0. The number of hydrogen-bond donors (Lipinski definition) is 0. The molecular weight excluding hydrogens is 324 g/mol. The predicted molar refractivity (Wildman–Crippen MR) is 104 cm³/mol. The van der Waals surface area contributed by atoms with Gasteiger partial charge >= 0.3 is 0 Å². The Kier molecular flexibility index (Phi) is 6.15. The molecule has 0 spiro atoms. The first-order valence-electron chi connectivity index (χ1n) is 8.76. The average molecular weight is 348 g/mol. The molecule has 0 fully saturated rings. The number of methoxy groups -OCH3 is 2. The van der Waals surface area contributed by atoms with Gasteiger partial charge in [0.2, 0.25) is 0 Å². The van der Waals surface area contributed by atoms with Gasteiger partial charge < -0.3 is 14.2 Å². The van der Waals surface area contributed by atoms with Gasteiger partial charge in [0.1, 0.15) is 12.4 Å². The molecule has 3 nitrogen and oxygen atoms in total. The van der Waals surface area contributed by atoms with Gasteiger partial charge in [0.15, 0.2) is 11.5 Å². The number of para-hydroxylation sites is 2. The summed E-state index contributed by atoms with van der Waals surface area (Å²) in [5.41, 5.74) is 3.50. The van der Waals surface area contributed by atoms with Crippen molar-refractivity contribution in [2.24, 2.45) is 0 Å². The summed E-state index contributed by atoms with van der Waals surface area (Å²) < 4.78 is 17.0. The van der Waals surface area contributed by atoms with E-state index in [2.05, 4.69) is 36.4 Å². The van der Waals surface area contributed by atoms with Crippen LogP contribution in [0.4, 0.5) is 0 Å². The molecule has 0 unspecified atom stereocenters. The molecule has 0 saturated carbocycles. The van der Waals surface area contributed by atoms with Crippen LogP contribution in [-0.2, 0) is 19.4 Å². The van der Waals surface area contributed by atoms with Crippen molar-refractivity contribution in [1.29, 1.82) is 0 Å². The molecule has 0 aliphatic heterocycles. The zero-order valence-electron chi connectivity index (χ0n) is 15.3. The van der Waals surface area contributed by atoms with Crippen LogP contribution >= 0.6 is 0 Å². The molecule has 3 heteroatoms. The minimum atomic E-state index is 0.433. The van der Waals surface area contributed by atoms with Crippen LogP contribution in [0.25, 0.3) is 0 Å². The molecule has 0 aromatic heterocycles. The molecule has 0 aliphatic rings. The molecule has 0 bridgehead atoms. The molecule has 0 saturated heterocycles. The summed E-state index contributed by atoms with van der Waals surface area (Å²) in [6, 6.07) is 24.5. The largest absolute Gasteiger partial charge is 0.493 e. The lowest BCUT2D eigenvalue weighted by Gasteiger charge is -2.15. The lowest BCUT2D eigenvalue weighted by atomic mass is 10.0. The van der Waals surface area contributed by atoms with Crippen molar-refractivity contribution in [1.82, 2.24) is 0 Å². The van der Waals surface area contributed by atoms with Gasteiger partial charge in [0, 0.05) is 5.56 Å². The van der Waals surface area contributed by atoms with Crippen LogP contribution in [0, 0.1) is 0 Å². The highest BCUT2D eigenvalue weighted by Gasteiger charge is 2.11. The zero-order valence-corrected chi connectivity index (χ0v) is 15.3. The van der Waals surface area contributed by atoms with Crippen molar-refractivity contribution < 1.29 is 14.2 Å². The topological polar surface area (TPSA) is 27.7 Å². The first-order chi connectivity index (χ1) is 12.8. The van der Waals surface area contributed by atoms with Gasteiger partial charge in [0.25, 0.3) is 0 Å². The second-order valence-corrected chi connectivity index (χ2v) is 6.03. The zero-order chi connectivity index (χ0) is 18.2. The van der Waals surface area contributed by atoms with Crippen molar-refractivity contribution >= 4 is 0 Å². The highest BCUT2D eigenvalue weighted by Crippen LogP contribution is 2.32. The summed E-state index contributed by atoms with van der Waals surface area (Å²) in [7, 11) is 3.29. The van der Waals surface area contributed by atoms with Crippen LogP contribution < -0.4 is 14.2 Å². The Labute approximate surface area is 155 Å². The Balaban J connectivity index is 1.71. The van der Waals surface area contributed by atoms with Crippen molar-refractivity contribution in [2.75, 3.05) is 14.2 Å². The molecule has 0 N–H and O–H groups in total. The molecule has 0 radical (unpaired) electrons. The first kappa shape index (κ1) is 17.9. The second-order valence-electron chi connectivity index (χ2n) is 6.03. The van der Waals surface area contributed by atoms with Crippen LogP contribution in [0.3, 0.4) is 0 Å². The predicted octanol–water partition coefficient (Wildman–Crippen LogP) is 5.07.